The highest BCUT2D eigenvalue weighted by atomic mass is 16.4. The molecule has 2 rings (SSSR count). The molecule has 2 fully saturated rings. The summed E-state index contributed by atoms with van der Waals surface area (Å²) in [5, 5.41) is 9.66. The van der Waals surface area contributed by atoms with Crippen LogP contribution < -0.4 is 5.73 Å². The molecular formula is C14H25NO2. The fourth-order valence-electron chi connectivity index (χ4n) is 3.43. The molecule has 0 aliphatic heterocycles. The van der Waals surface area contributed by atoms with E-state index in [0.29, 0.717) is 18.4 Å². The number of carboxylic acid groups (broad SMARTS) is 1. The Balaban J connectivity index is 2.13. The topological polar surface area (TPSA) is 63.3 Å². The molecule has 3 nitrogen and oxygen atoms in total. The number of carboxylic acids is 1. The van der Waals surface area contributed by atoms with Crippen molar-refractivity contribution >= 4 is 5.97 Å². The van der Waals surface area contributed by atoms with Crippen molar-refractivity contribution in [2.75, 3.05) is 6.54 Å². The van der Waals surface area contributed by atoms with Crippen molar-refractivity contribution in [3.8, 4) is 0 Å². The fourth-order valence-corrected chi connectivity index (χ4v) is 3.43. The van der Waals surface area contributed by atoms with Crippen molar-refractivity contribution in [2.45, 2.75) is 57.8 Å². The van der Waals surface area contributed by atoms with Gasteiger partial charge in [0.25, 0.3) is 0 Å². The summed E-state index contributed by atoms with van der Waals surface area (Å²) in [5.74, 6) is 0.310. The molecule has 0 heterocycles. The molecule has 3 N–H and O–H groups in total. The van der Waals surface area contributed by atoms with Crippen molar-refractivity contribution in [1.29, 1.82) is 0 Å². The zero-order chi connectivity index (χ0) is 12.3. The molecular weight excluding hydrogens is 214 g/mol. The van der Waals surface area contributed by atoms with Crippen LogP contribution in [0.25, 0.3) is 0 Å². The average molecular weight is 239 g/mol. The summed E-state index contributed by atoms with van der Waals surface area (Å²) >= 11 is 0. The van der Waals surface area contributed by atoms with Gasteiger partial charge in [-0.1, -0.05) is 38.5 Å². The Morgan fingerprint density at radius 3 is 2.12 bits per heavy atom. The maximum Gasteiger partial charge on any atom is 0.311 e. The molecule has 1 unspecified atom stereocenters. The molecule has 0 spiro atoms. The number of hydrogen-bond acceptors (Lipinski definition) is 2. The monoisotopic (exact) mass is 239 g/mol. The van der Waals surface area contributed by atoms with Crippen molar-refractivity contribution in [1.82, 2.24) is 0 Å². The van der Waals surface area contributed by atoms with E-state index in [1.165, 1.54) is 38.5 Å². The SMILES string of the molecule is NCC(CC1CC1)(C(=O)O)C1CCCCCC1. The Bertz CT molecular complexity index is 267. The molecule has 2 saturated carbocycles. The Kier molecular flexibility index (Phi) is 4.08. The number of hydrogen-bond donors (Lipinski definition) is 2. The van der Waals surface area contributed by atoms with E-state index in [1.807, 2.05) is 0 Å². The predicted molar refractivity (Wildman–Crippen MR) is 67.7 cm³/mol. The maximum absolute atomic E-state index is 11.7. The van der Waals surface area contributed by atoms with Crippen molar-refractivity contribution in [3.63, 3.8) is 0 Å². The van der Waals surface area contributed by atoms with E-state index in [4.69, 9.17) is 5.73 Å². The quantitative estimate of drug-likeness (QED) is 0.725. The van der Waals surface area contributed by atoms with Gasteiger partial charge in [0.2, 0.25) is 0 Å². The maximum atomic E-state index is 11.7. The van der Waals surface area contributed by atoms with Crippen LogP contribution in [0.2, 0.25) is 0 Å². The number of aliphatic carboxylic acids is 1. The summed E-state index contributed by atoms with van der Waals surface area (Å²) < 4.78 is 0. The van der Waals surface area contributed by atoms with Crippen LogP contribution in [-0.2, 0) is 4.79 Å². The molecule has 0 radical (unpaired) electrons. The third-order valence-electron chi connectivity index (χ3n) is 4.78. The largest absolute Gasteiger partial charge is 0.481 e. The Morgan fingerprint density at radius 2 is 1.71 bits per heavy atom. The molecule has 2 aliphatic carbocycles. The third kappa shape index (κ3) is 2.82. The number of carbonyl (C=O) groups is 1. The van der Waals surface area contributed by atoms with E-state index < -0.39 is 11.4 Å². The Morgan fingerprint density at radius 1 is 1.12 bits per heavy atom. The van der Waals surface area contributed by atoms with Crippen molar-refractivity contribution in [2.24, 2.45) is 23.0 Å². The molecule has 0 saturated heterocycles. The van der Waals surface area contributed by atoms with Gasteiger partial charge in [-0.3, -0.25) is 4.79 Å². The van der Waals surface area contributed by atoms with Gasteiger partial charge in [-0.15, -0.1) is 0 Å². The lowest BCUT2D eigenvalue weighted by Gasteiger charge is -2.36. The molecule has 0 aromatic carbocycles. The van der Waals surface area contributed by atoms with E-state index in [-0.39, 0.29) is 0 Å². The lowest BCUT2D eigenvalue weighted by molar-refractivity contribution is -0.153. The first-order valence-corrected chi connectivity index (χ1v) is 7.12. The lowest BCUT2D eigenvalue weighted by atomic mass is 9.68. The molecule has 98 valence electrons. The van der Waals surface area contributed by atoms with Crippen LogP contribution in [0.1, 0.15) is 57.8 Å². The molecule has 0 bridgehead atoms. The van der Waals surface area contributed by atoms with Gasteiger partial charge in [-0.2, -0.15) is 0 Å². The minimum atomic E-state index is -0.640. The van der Waals surface area contributed by atoms with E-state index in [9.17, 15) is 9.90 Å². The third-order valence-corrected chi connectivity index (χ3v) is 4.78. The van der Waals surface area contributed by atoms with Crippen LogP contribution >= 0.6 is 0 Å². The zero-order valence-electron chi connectivity index (χ0n) is 10.7. The van der Waals surface area contributed by atoms with Gasteiger partial charge >= 0.3 is 5.97 Å². The molecule has 0 amide bonds. The van der Waals surface area contributed by atoms with Crippen LogP contribution in [0.15, 0.2) is 0 Å². The van der Waals surface area contributed by atoms with Gasteiger partial charge in [-0.25, -0.2) is 0 Å². The highest BCUT2D eigenvalue weighted by Gasteiger charge is 2.47. The standard InChI is InChI=1S/C14H25NO2/c15-10-14(13(16)17,9-11-7-8-11)12-5-3-1-2-4-6-12/h11-12H,1-10,15H2,(H,16,17). The van der Waals surface area contributed by atoms with Gasteiger partial charge in [0.15, 0.2) is 0 Å². The van der Waals surface area contributed by atoms with Gasteiger partial charge in [0.1, 0.15) is 0 Å². The second kappa shape index (κ2) is 5.38. The first kappa shape index (κ1) is 12.9. The summed E-state index contributed by atoms with van der Waals surface area (Å²) in [7, 11) is 0. The van der Waals surface area contributed by atoms with Crippen molar-refractivity contribution < 1.29 is 9.90 Å². The van der Waals surface area contributed by atoms with Crippen molar-refractivity contribution in [3.05, 3.63) is 0 Å². The molecule has 1 atom stereocenters. The van der Waals surface area contributed by atoms with Crippen LogP contribution in [-0.4, -0.2) is 17.6 Å². The summed E-state index contributed by atoms with van der Waals surface area (Å²) in [5.41, 5.74) is 5.27. The highest BCUT2D eigenvalue weighted by Crippen LogP contribution is 2.47. The van der Waals surface area contributed by atoms with E-state index in [2.05, 4.69) is 0 Å². The Labute approximate surface area is 104 Å². The second-order valence-electron chi connectivity index (χ2n) is 6.00. The lowest BCUT2D eigenvalue weighted by Crippen LogP contribution is -2.45. The van der Waals surface area contributed by atoms with E-state index >= 15 is 0 Å². The van der Waals surface area contributed by atoms with Gasteiger partial charge in [-0.05, 0) is 31.1 Å². The van der Waals surface area contributed by atoms with Gasteiger partial charge in [0.05, 0.1) is 5.41 Å². The smallest absolute Gasteiger partial charge is 0.311 e. The van der Waals surface area contributed by atoms with E-state index in [0.717, 1.165) is 19.3 Å². The normalized spacial score (nSPS) is 26.2. The first-order chi connectivity index (χ1) is 8.19. The number of nitrogens with two attached hydrogens (primary N) is 1. The van der Waals surface area contributed by atoms with Crippen LogP contribution in [0.3, 0.4) is 0 Å². The van der Waals surface area contributed by atoms with Gasteiger partial charge in [0, 0.05) is 6.54 Å². The number of rotatable bonds is 5. The predicted octanol–water partition coefficient (Wildman–Crippen LogP) is 2.79. The highest BCUT2D eigenvalue weighted by molar-refractivity contribution is 5.75. The molecule has 0 aromatic rings. The van der Waals surface area contributed by atoms with Crippen LogP contribution in [0.4, 0.5) is 0 Å². The molecule has 0 aromatic heterocycles. The summed E-state index contributed by atoms with van der Waals surface area (Å²) in [6.07, 6.45) is 10.3. The van der Waals surface area contributed by atoms with E-state index in [1.54, 1.807) is 0 Å². The zero-order valence-corrected chi connectivity index (χ0v) is 10.7. The first-order valence-electron chi connectivity index (χ1n) is 7.12. The second-order valence-corrected chi connectivity index (χ2v) is 6.00. The summed E-state index contributed by atoms with van der Waals surface area (Å²) in [6.45, 7) is 0.323. The minimum Gasteiger partial charge on any atom is -0.481 e. The molecule has 2 aliphatic rings. The Hall–Kier alpha value is -0.570. The summed E-state index contributed by atoms with van der Waals surface area (Å²) in [4.78, 5) is 11.7. The fraction of sp³-hybridized carbons (Fsp3) is 0.929. The van der Waals surface area contributed by atoms with Crippen LogP contribution in [0.5, 0.6) is 0 Å². The molecule has 17 heavy (non-hydrogen) atoms. The minimum absolute atomic E-state index is 0.313. The summed E-state index contributed by atoms with van der Waals surface area (Å²) in [6, 6.07) is 0. The van der Waals surface area contributed by atoms with Gasteiger partial charge < -0.3 is 10.8 Å². The van der Waals surface area contributed by atoms with Crippen LogP contribution in [0, 0.1) is 17.3 Å². The average Bonchev–Trinajstić information content (AvgIpc) is 3.12. The molecule has 3 heteroatoms.